The maximum Gasteiger partial charge on any atom is 0.239 e. The SMILES string of the molecule is O=C(Cn1c(-c2cccs2)cc2cc(Cl)ccc21)NCCCN1CCCC1. The summed E-state index contributed by atoms with van der Waals surface area (Å²) in [4.78, 5) is 16.2. The summed E-state index contributed by atoms with van der Waals surface area (Å²) in [6.45, 7) is 4.54. The van der Waals surface area contributed by atoms with Crippen molar-refractivity contribution in [1.82, 2.24) is 14.8 Å². The first-order chi connectivity index (χ1) is 13.2. The molecule has 0 atom stereocenters. The summed E-state index contributed by atoms with van der Waals surface area (Å²) in [5, 5.41) is 6.92. The van der Waals surface area contributed by atoms with Crippen molar-refractivity contribution in [3.05, 3.63) is 46.8 Å². The quantitative estimate of drug-likeness (QED) is 0.586. The number of carbonyl (C=O) groups is 1. The van der Waals surface area contributed by atoms with E-state index in [4.69, 9.17) is 11.6 Å². The van der Waals surface area contributed by atoms with Crippen molar-refractivity contribution in [3.63, 3.8) is 0 Å². The number of thiophene rings is 1. The Bertz CT molecular complexity index is 913. The predicted molar refractivity (Wildman–Crippen MR) is 114 cm³/mol. The fourth-order valence-corrected chi connectivity index (χ4v) is 4.71. The monoisotopic (exact) mass is 401 g/mol. The average Bonchev–Trinajstić information content (AvgIpc) is 3.40. The lowest BCUT2D eigenvalue weighted by Crippen LogP contribution is -2.31. The van der Waals surface area contributed by atoms with E-state index in [-0.39, 0.29) is 5.91 Å². The average molecular weight is 402 g/mol. The molecule has 4 nitrogen and oxygen atoms in total. The van der Waals surface area contributed by atoms with Gasteiger partial charge in [-0.1, -0.05) is 17.7 Å². The predicted octanol–water partition coefficient (Wildman–Crippen LogP) is 4.63. The van der Waals surface area contributed by atoms with Gasteiger partial charge in [0.25, 0.3) is 0 Å². The zero-order valence-electron chi connectivity index (χ0n) is 15.3. The van der Waals surface area contributed by atoms with Crippen LogP contribution in [0, 0.1) is 0 Å². The zero-order chi connectivity index (χ0) is 18.6. The summed E-state index contributed by atoms with van der Waals surface area (Å²) in [6, 6.07) is 12.1. The van der Waals surface area contributed by atoms with Crippen LogP contribution in [0.2, 0.25) is 5.02 Å². The molecule has 1 aliphatic rings. The van der Waals surface area contributed by atoms with E-state index >= 15 is 0 Å². The molecule has 1 fully saturated rings. The van der Waals surface area contributed by atoms with E-state index in [0.29, 0.717) is 11.6 Å². The number of hydrogen-bond acceptors (Lipinski definition) is 3. The molecule has 0 bridgehead atoms. The van der Waals surface area contributed by atoms with E-state index in [0.717, 1.165) is 41.0 Å². The third-order valence-corrected chi connectivity index (χ3v) is 6.24. The first-order valence-corrected chi connectivity index (χ1v) is 10.8. The fourth-order valence-electron chi connectivity index (χ4n) is 3.78. The number of halogens is 1. The summed E-state index contributed by atoms with van der Waals surface area (Å²) < 4.78 is 2.09. The summed E-state index contributed by atoms with van der Waals surface area (Å²) in [5.74, 6) is 0.0571. The van der Waals surface area contributed by atoms with E-state index < -0.39 is 0 Å². The Labute approximate surface area is 168 Å². The van der Waals surface area contributed by atoms with Crippen molar-refractivity contribution in [2.24, 2.45) is 0 Å². The Morgan fingerprint density at radius 3 is 2.81 bits per heavy atom. The Hall–Kier alpha value is -1.82. The van der Waals surface area contributed by atoms with Gasteiger partial charge in [0, 0.05) is 22.5 Å². The molecule has 27 heavy (non-hydrogen) atoms. The summed E-state index contributed by atoms with van der Waals surface area (Å²) in [6.07, 6.45) is 3.62. The number of amides is 1. The molecule has 3 aromatic rings. The molecule has 2 aromatic heterocycles. The largest absolute Gasteiger partial charge is 0.355 e. The Morgan fingerprint density at radius 1 is 1.19 bits per heavy atom. The second-order valence-corrected chi connectivity index (χ2v) is 8.43. The van der Waals surface area contributed by atoms with Crippen LogP contribution in [0.4, 0.5) is 0 Å². The molecule has 0 saturated carbocycles. The second-order valence-electron chi connectivity index (χ2n) is 7.05. The summed E-state index contributed by atoms with van der Waals surface area (Å²) in [5.41, 5.74) is 2.10. The van der Waals surface area contributed by atoms with Gasteiger partial charge in [-0.25, -0.2) is 0 Å². The third kappa shape index (κ3) is 4.37. The molecule has 3 heterocycles. The first kappa shape index (κ1) is 18.5. The first-order valence-electron chi connectivity index (χ1n) is 9.52. The van der Waals surface area contributed by atoms with Gasteiger partial charge in [0.05, 0.1) is 10.6 Å². The highest BCUT2D eigenvalue weighted by atomic mass is 35.5. The van der Waals surface area contributed by atoms with Gasteiger partial charge in [-0.15, -0.1) is 11.3 Å². The molecule has 1 N–H and O–H groups in total. The van der Waals surface area contributed by atoms with Crippen molar-refractivity contribution in [2.45, 2.75) is 25.8 Å². The molecule has 1 aliphatic heterocycles. The molecular formula is C21H24ClN3OS. The van der Waals surface area contributed by atoms with Crippen LogP contribution in [0.1, 0.15) is 19.3 Å². The molecular weight excluding hydrogens is 378 g/mol. The number of carbonyl (C=O) groups excluding carboxylic acids is 1. The molecule has 1 amide bonds. The molecule has 0 spiro atoms. The highest BCUT2D eigenvalue weighted by Crippen LogP contribution is 2.32. The molecule has 4 rings (SSSR count). The van der Waals surface area contributed by atoms with E-state index in [1.807, 2.05) is 24.3 Å². The van der Waals surface area contributed by atoms with Crippen molar-refractivity contribution in [2.75, 3.05) is 26.2 Å². The van der Waals surface area contributed by atoms with Crippen LogP contribution in [-0.2, 0) is 11.3 Å². The maximum absolute atomic E-state index is 12.6. The van der Waals surface area contributed by atoms with Crippen molar-refractivity contribution in [3.8, 4) is 10.6 Å². The topological polar surface area (TPSA) is 37.3 Å². The van der Waals surface area contributed by atoms with Gasteiger partial charge < -0.3 is 14.8 Å². The highest BCUT2D eigenvalue weighted by molar-refractivity contribution is 7.13. The smallest absolute Gasteiger partial charge is 0.239 e. The highest BCUT2D eigenvalue weighted by Gasteiger charge is 2.15. The third-order valence-electron chi connectivity index (χ3n) is 5.11. The Balaban J connectivity index is 1.45. The van der Waals surface area contributed by atoms with Crippen LogP contribution in [0.15, 0.2) is 41.8 Å². The molecule has 142 valence electrons. The van der Waals surface area contributed by atoms with Crippen molar-refractivity contribution < 1.29 is 4.79 Å². The van der Waals surface area contributed by atoms with Crippen LogP contribution in [0.25, 0.3) is 21.5 Å². The minimum Gasteiger partial charge on any atom is -0.355 e. The van der Waals surface area contributed by atoms with Gasteiger partial charge in [-0.3, -0.25) is 4.79 Å². The minimum atomic E-state index is 0.0571. The minimum absolute atomic E-state index is 0.0571. The number of nitrogens with one attached hydrogen (secondary N) is 1. The summed E-state index contributed by atoms with van der Waals surface area (Å²) >= 11 is 7.84. The number of rotatable bonds is 7. The normalized spacial score (nSPS) is 14.9. The van der Waals surface area contributed by atoms with Gasteiger partial charge in [0.15, 0.2) is 0 Å². The Kier molecular flexibility index (Phi) is 5.81. The zero-order valence-corrected chi connectivity index (χ0v) is 16.9. The van der Waals surface area contributed by atoms with E-state index in [1.54, 1.807) is 11.3 Å². The van der Waals surface area contributed by atoms with Gasteiger partial charge >= 0.3 is 0 Å². The van der Waals surface area contributed by atoms with Gasteiger partial charge in [0.2, 0.25) is 5.91 Å². The standard InChI is InChI=1S/C21H24ClN3OS/c22-17-6-7-18-16(13-17)14-19(20-5-3-12-27-20)25(18)15-21(26)23-8-4-11-24-9-1-2-10-24/h3,5-7,12-14H,1-2,4,8-11,15H2,(H,23,26). The molecule has 0 radical (unpaired) electrons. The van der Waals surface area contributed by atoms with Crippen molar-refractivity contribution >= 4 is 39.7 Å². The van der Waals surface area contributed by atoms with Gasteiger partial charge in [-0.2, -0.15) is 0 Å². The number of nitrogens with zero attached hydrogens (tertiary/aromatic N) is 2. The lowest BCUT2D eigenvalue weighted by Gasteiger charge is -2.15. The number of fused-ring (bicyclic) bond motifs is 1. The maximum atomic E-state index is 12.6. The van der Waals surface area contributed by atoms with Gasteiger partial charge in [0.1, 0.15) is 6.54 Å². The molecule has 1 saturated heterocycles. The fraction of sp³-hybridized carbons (Fsp3) is 0.381. The number of aromatic nitrogens is 1. The second kappa shape index (κ2) is 8.46. The van der Waals surface area contributed by atoms with Gasteiger partial charge in [-0.05, 0) is 74.6 Å². The molecule has 6 heteroatoms. The van der Waals surface area contributed by atoms with Crippen LogP contribution in [0.3, 0.4) is 0 Å². The van der Waals surface area contributed by atoms with E-state index in [9.17, 15) is 4.79 Å². The number of hydrogen-bond donors (Lipinski definition) is 1. The lowest BCUT2D eigenvalue weighted by atomic mass is 10.2. The number of benzene rings is 1. The van der Waals surface area contributed by atoms with E-state index in [1.165, 1.54) is 25.9 Å². The van der Waals surface area contributed by atoms with Crippen LogP contribution >= 0.6 is 22.9 Å². The van der Waals surface area contributed by atoms with Crippen molar-refractivity contribution in [1.29, 1.82) is 0 Å². The molecule has 1 aromatic carbocycles. The van der Waals surface area contributed by atoms with E-state index in [2.05, 4.69) is 32.3 Å². The van der Waals surface area contributed by atoms with Crippen LogP contribution in [-0.4, -0.2) is 41.6 Å². The van der Waals surface area contributed by atoms with Crippen LogP contribution in [0.5, 0.6) is 0 Å². The van der Waals surface area contributed by atoms with Crippen LogP contribution < -0.4 is 5.32 Å². The Morgan fingerprint density at radius 2 is 2.04 bits per heavy atom. The lowest BCUT2D eigenvalue weighted by molar-refractivity contribution is -0.121. The summed E-state index contributed by atoms with van der Waals surface area (Å²) in [7, 11) is 0. The number of likely N-dealkylation sites (tertiary alicyclic amines) is 1. The molecule has 0 unspecified atom stereocenters. The molecule has 0 aliphatic carbocycles.